The number of hydrogen-bond donors (Lipinski definition) is 1. The van der Waals surface area contributed by atoms with E-state index in [2.05, 4.69) is 10.2 Å². The average Bonchev–Trinajstić information content (AvgIpc) is 2.94. The van der Waals surface area contributed by atoms with Crippen molar-refractivity contribution in [1.29, 1.82) is 0 Å². The first-order valence-electron chi connectivity index (χ1n) is 10.5. The molecule has 2 saturated heterocycles. The molecule has 2 fully saturated rings. The second-order valence-electron chi connectivity index (χ2n) is 8.06. The number of urea groups is 1. The van der Waals surface area contributed by atoms with Crippen LogP contribution in [0, 0.1) is 5.92 Å². The van der Waals surface area contributed by atoms with Crippen LogP contribution in [0.4, 0.5) is 4.79 Å². The summed E-state index contributed by atoms with van der Waals surface area (Å²) in [7, 11) is 0. The van der Waals surface area contributed by atoms with Gasteiger partial charge in [-0.25, -0.2) is 4.79 Å². The Kier molecular flexibility index (Phi) is 5.97. The minimum atomic E-state index is 0.0495. The molecule has 0 saturated carbocycles. The molecule has 2 aromatic rings. The molecule has 0 atom stereocenters. The summed E-state index contributed by atoms with van der Waals surface area (Å²) < 4.78 is 5.55. The van der Waals surface area contributed by atoms with Crippen LogP contribution in [0.5, 0.6) is 0 Å². The lowest BCUT2D eigenvalue weighted by atomic mass is 9.96. The maximum atomic E-state index is 12.5. The van der Waals surface area contributed by atoms with Crippen molar-refractivity contribution < 1.29 is 9.21 Å². The summed E-state index contributed by atoms with van der Waals surface area (Å²) in [6, 6.07) is 8.00. The molecule has 4 rings (SSSR count). The predicted molar refractivity (Wildman–Crippen MR) is 108 cm³/mol. The maximum Gasteiger partial charge on any atom is 0.317 e. The van der Waals surface area contributed by atoms with Crippen LogP contribution in [0.25, 0.3) is 11.0 Å². The number of carbonyl (C=O) groups excluding carboxylic acids is 1. The predicted octanol–water partition coefficient (Wildman–Crippen LogP) is 4.23. The summed E-state index contributed by atoms with van der Waals surface area (Å²) in [4.78, 5) is 17.2. The summed E-state index contributed by atoms with van der Waals surface area (Å²) in [6.45, 7) is 6.01. The lowest BCUT2D eigenvalue weighted by Crippen LogP contribution is -2.45. The van der Waals surface area contributed by atoms with E-state index in [4.69, 9.17) is 4.42 Å². The Morgan fingerprint density at radius 3 is 2.56 bits per heavy atom. The molecule has 5 heteroatoms. The fourth-order valence-electron chi connectivity index (χ4n) is 4.45. The van der Waals surface area contributed by atoms with Crippen LogP contribution in [0.1, 0.15) is 44.1 Å². The number of carbonyl (C=O) groups is 1. The minimum Gasteiger partial charge on any atom is -0.464 e. The first-order chi connectivity index (χ1) is 13.3. The van der Waals surface area contributed by atoms with Gasteiger partial charge in [0.1, 0.15) is 5.58 Å². The van der Waals surface area contributed by atoms with Crippen molar-refractivity contribution in [3.63, 3.8) is 0 Å². The van der Waals surface area contributed by atoms with E-state index < -0.39 is 0 Å². The van der Waals surface area contributed by atoms with Gasteiger partial charge in [0.15, 0.2) is 0 Å². The number of furan rings is 1. The van der Waals surface area contributed by atoms with Gasteiger partial charge in [0, 0.05) is 37.1 Å². The lowest BCUT2D eigenvalue weighted by molar-refractivity contribution is 0.147. The third-order valence-corrected chi connectivity index (χ3v) is 6.11. The quantitative estimate of drug-likeness (QED) is 0.877. The summed E-state index contributed by atoms with van der Waals surface area (Å²) in [5.41, 5.74) is 1.91. The van der Waals surface area contributed by atoms with Gasteiger partial charge in [-0.15, -0.1) is 0 Å². The fraction of sp³-hybridized carbons (Fsp3) is 0.591. The largest absolute Gasteiger partial charge is 0.464 e. The van der Waals surface area contributed by atoms with Gasteiger partial charge < -0.3 is 19.5 Å². The van der Waals surface area contributed by atoms with Crippen LogP contribution in [0.3, 0.4) is 0 Å². The van der Waals surface area contributed by atoms with E-state index in [0.29, 0.717) is 6.54 Å². The van der Waals surface area contributed by atoms with Crippen LogP contribution < -0.4 is 5.32 Å². The molecule has 1 aromatic carbocycles. The molecule has 27 heavy (non-hydrogen) atoms. The highest BCUT2D eigenvalue weighted by atomic mass is 16.3. The van der Waals surface area contributed by atoms with Crippen molar-refractivity contribution in [2.45, 2.75) is 45.1 Å². The number of fused-ring (bicyclic) bond motifs is 1. The molecule has 0 aliphatic carbocycles. The Labute approximate surface area is 161 Å². The highest BCUT2D eigenvalue weighted by Gasteiger charge is 2.24. The SMILES string of the molecule is O=C(NCc1coc2ccccc12)N1CCC(CN2CCCCCC2)CC1. The number of hydrogen-bond acceptors (Lipinski definition) is 3. The first-order valence-corrected chi connectivity index (χ1v) is 10.5. The Bertz CT molecular complexity index is 741. The van der Waals surface area contributed by atoms with Gasteiger partial charge in [0.2, 0.25) is 0 Å². The van der Waals surface area contributed by atoms with Crippen molar-refractivity contribution in [2.24, 2.45) is 5.92 Å². The summed E-state index contributed by atoms with van der Waals surface area (Å²) in [6.07, 6.45) is 9.48. The number of piperidine rings is 1. The Morgan fingerprint density at radius 1 is 1.04 bits per heavy atom. The Balaban J connectivity index is 1.22. The van der Waals surface area contributed by atoms with E-state index in [-0.39, 0.29) is 6.03 Å². The van der Waals surface area contributed by atoms with E-state index in [1.165, 1.54) is 45.3 Å². The number of para-hydroxylation sites is 1. The van der Waals surface area contributed by atoms with Gasteiger partial charge in [-0.2, -0.15) is 0 Å². The standard InChI is InChI=1S/C22H31N3O2/c26-22(23-15-19-17-27-21-8-4-3-7-20(19)21)25-13-9-18(10-14-25)16-24-11-5-1-2-6-12-24/h3-4,7-8,17-18H,1-2,5-6,9-16H2,(H,23,26). The molecule has 1 N–H and O–H groups in total. The second-order valence-corrected chi connectivity index (χ2v) is 8.06. The van der Waals surface area contributed by atoms with Crippen LogP contribution in [-0.2, 0) is 6.54 Å². The topological polar surface area (TPSA) is 48.7 Å². The normalized spacial score (nSPS) is 19.9. The number of benzene rings is 1. The van der Waals surface area contributed by atoms with Crippen molar-refractivity contribution in [3.05, 3.63) is 36.1 Å². The van der Waals surface area contributed by atoms with Crippen molar-refractivity contribution >= 4 is 17.0 Å². The molecule has 3 heterocycles. The van der Waals surface area contributed by atoms with Crippen molar-refractivity contribution in [3.8, 4) is 0 Å². The Morgan fingerprint density at radius 2 is 1.78 bits per heavy atom. The van der Waals surface area contributed by atoms with Gasteiger partial charge in [-0.05, 0) is 50.8 Å². The molecule has 0 spiro atoms. The molecule has 2 aliphatic rings. The van der Waals surface area contributed by atoms with Gasteiger partial charge in [0.25, 0.3) is 0 Å². The van der Waals surface area contributed by atoms with Gasteiger partial charge in [0.05, 0.1) is 6.26 Å². The molecule has 1 aromatic heterocycles. The van der Waals surface area contributed by atoms with E-state index >= 15 is 0 Å². The fourth-order valence-corrected chi connectivity index (χ4v) is 4.45. The third-order valence-electron chi connectivity index (χ3n) is 6.11. The van der Waals surface area contributed by atoms with Crippen LogP contribution in [0.15, 0.2) is 34.9 Å². The smallest absolute Gasteiger partial charge is 0.317 e. The zero-order valence-electron chi connectivity index (χ0n) is 16.2. The lowest BCUT2D eigenvalue weighted by Gasteiger charge is -2.34. The molecule has 0 unspecified atom stereocenters. The Hall–Kier alpha value is -2.01. The molecule has 2 aliphatic heterocycles. The zero-order chi connectivity index (χ0) is 18.5. The number of nitrogens with zero attached hydrogens (tertiary/aromatic N) is 2. The number of likely N-dealkylation sites (tertiary alicyclic amines) is 2. The van der Waals surface area contributed by atoms with Gasteiger partial charge in [-0.3, -0.25) is 0 Å². The van der Waals surface area contributed by atoms with E-state index in [1.807, 2.05) is 29.2 Å². The zero-order valence-corrected chi connectivity index (χ0v) is 16.2. The summed E-state index contributed by atoms with van der Waals surface area (Å²) in [5.74, 6) is 0.741. The maximum absolute atomic E-state index is 12.5. The van der Waals surface area contributed by atoms with E-state index in [1.54, 1.807) is 6.26 Å². The van der Waals surface area contributed by atoms with Gasteiger partial charge in [-0.1, -0.05) is 31.0 Å². The monoisotopic (exact) mass is 369 g/mol. The van der Waals surface area contributed by atoms with Gasteiger partial charge >= 0.3 is 6.03 Å². The summed E-state index contributed by atoms with van der Waals surface area (Å²) >= 11 is 0. The number of amides is 2. The summed E-state index contributed by atoms with van der Waals surface area (Å²) in [5, 5.41) is 4.15. The molecule has 5 nitrogen and oxygen atoms in total. The van der Waals surface area contributed by atoms with Crippen molar-refractivity contribution in [2.75, 3.05) is 32.7 Å². The first kappa shape index (κ1) is 18.4. The van der Waals surface area contributed by atoms with E-state index in [9.17, 15) is 4.79 Å². The molecule has 0 bridgehead atoms. The molecular weight excluding hydrogens is 338 g/mol. The molecule has 146 valence electrons. The van der Waals surface area contributed by atoms with Crippen molar-refractivity contribution in [1.82, 2.24) is 15.1 Å². The average molecular weight is 370 g/mol. The van der Waals surface area contributed by atoms with E-state index in [0.717, 1.165) is 48.4 Å². The third kappa shape index (κ3) is 4.64. The molecule has 0 radical (unpaired) electrons. The second kappa shape index (κ2) is 8.79. The molecule has 2 amide bonds. The highest BCUT2D eigenvalue weighted by Crippen LogP contribution is 2.22. The van der Waals surface area contributed by atoms with Crippen LogP contribution >= 0.6 is 0 Å². The molecular formula is C22H31N3O2. The minimum absolute atomic E-state index is 0.0495. The highest BCUT2D eigenvalue weighted by molar-refractivity contribution is 5.81. The number of nitrogens with one attached hydrogen (secondary N) is 1. The number of rotatable bonds is 4. The van der Waals surface area contributed by atoms with Crippen LogP contribution in [-0.4, -0.2) is 48.6 Å². The van der Waals surface area contributed by atoms with Crippen LogP contribution in [0.2, 0.25) is 0 Å².